The summed E-state index contributed by atoms with van der Waals surface area (Å²) in [5, 5.41) is 2.83. The van der Waals surface area contributed by atoms with E-state index in [-0.39, 0.29) is 30.5 Å². The molecule has 2 amide bonds. The average Bonchev–Trinajstić information content (AvgIpc) is 3.07. The van der Waals surface area contributed by atoms with Crippen LogP contribution in [0.3, 0.4) is 0 Å². The number of alkyl halides is 3. The van der Waals surface area contributed by atoms with Gasteiger partial charge in [0.15, 0.2) is 0 Å². The van der Waals surface area contributed by atoms with E-state index in [4.69, 9.17) is 0 Å². The summed E-state index contributed by atoms with van der Waals surface area (Å²) in [4.78, 5) is 25.8. The largest absolute Gasteiger partial charge is 0.416 e. The Bertz CT molecular complexity index is 837. The number of anilines is 1. The molecule has 0 saturated carbocycles. The van der Waals surface area contributed by atoms with E-state index in [9.17, 15) is 22.8 Å². The maximum Gasteiger partial charge on any atom is 0.416 e. The third-order valence-electron chi connectivity index (χ3n) is 4.77. The summed E-state index contributed by atoms with van der Waals surface area (Å²) in [7, 11) is 0. The fourth-order valence-corrected chi connectivity index (χ4v) is 3.28. The molecule has 2 aromatic carbocycles. The number of nitrogens with one attached hydrogen (secondary N) is 1. The van der Waals surface area contributed by atoms with Crippen molar-refractivity contribution in [2.45, 2.75) is 25.4 Å². The van der Waals surface area contributed by atoms with Gasteiger partial charge >= 0.3 is 6.18 Å². The zero-order valence-electron chi connectivity index (χ0n) is 15.2. The SMILES string of the molecule is O=C(NCCCc1ccccc1)[C@H]1CC(=O)N(c2cccc(C(F)(F)F)c2)C1. The summed E-state index contributed by atoms with van der Waals surface area (Å²) < 4.78 is 38.7. The van der Waals surface area contributed by atoms with Crippen LogP contribution in [0.1, 0.15) is 24.0 Å². The summed E-state index contributed by atoms with van der Waals surface area (Å²) >= 11 is 0. The predicted molar refractivity (Wildman–Crippen MR) is 99.7 cm³/mol. The highest BCUT2D eigenvalue weighted by molar-refractivity contribution is 6.00. The van der Waals surface area contributed by atoms with Gasteiger partial charge in [-0.2, -0.15) is 13.2 Å². The predicted octanol–water partition coefficient (Wildman–Crippen LogP) is 3.81. The monoisotopic (exact) mass is 390 g/mol. The first-order valence-electron chi connectivity index (χ1n) is 9.14. The van der Waals surface area contributed by atoms with Crippen molar-refractivity contribution in [2.24, 2.45) is 5.92 Å². The first kappa shape index (κ1) is 19.9. The molecule has 0 bridgehead atoms. The number of nitrogens with zero attached hydrogens (tertiary/aromatic N) is 1. The van der Waals surface area contributed by atoms with E-state index in [1.165, 1.54) is 22.6 Å². The van der Waals surface area contributed by atoms with Crippen molar-refractivity contribution in [3.8, 4) is 0 Å². The molecule has 1 fully saturated rings. The summed E-state index contributed by atoms with van der Waals surface area (Å²) in [6, 6.07) is 14.5. The highest BCUT2D eigenvalue weighted by atomic mass is 19.4. The van der Waals surface area contributed by atoms with Crippen molar-refractivity contribution in [3.05, 3.63) is 65.7 Å². The molecule has 28 heavy (non-hydrogen) atoms. The number of hydrogen-bond donors (Lipinski definition) is 1. The van der Waals surface area contributed by atoms with Crippen molar-refractivity contribution >= 4 is 17.5 Å². The van der Waals surface area contributed by atoms with E-state index >= 15 is 0 Å². The molecule has 0 unspecified atom stereocenters. The third-order valence-corrected chi connectivity index (χ3v) is 4.77. The molecule has 2 aromatic rings. The van der Waals surface area contributed by atoms with E-state index in [1.807, 2.05) is 30.3 Å². The molecular weight excluding hydrogens is 369 g/mol. The lowest BCUT2D eigenvalue weighted by Gasteiger charge is -2.18. The Morgan fingerprint density at radius 1 is 1.11 bits per heavy atom. The molecule has 7 heteroatoms. The fourth-order valence-electron chi connectivity index (χ4n) is 3.28. The molecule has 1 heterocycles. The first-order chi connectivity index (χ1) is 13.3. The normalized spacial score (nSPS) is 17.0. The second-order valence-electron chi connectivity index (χ2n) is 6.83. The van der Waals surface area contributed by atoms with Gasteiger partial charge in [0, 0.05) is 25.2 Å². The Morgan fingerprint density at radius 3 is 2.57 bits per heavy atom. The van der Waals surface area contributed by atoms with Crippen molar-refractivity contribution < 1.29 is 22.8 Å². The highest BCUT2D eigenvalue weighted by Crippen LogP contribution is 2.33. The van der Waals surface area contributed by atoms with Gasteiger partial charge in [0.2, 0.25) is 11.8 Å². The zero-order valence-corrected chi connectivity index (χ0v) is 15.2. The van der Waals surface area contributed by atoms with Crippen LogP contribution in [0.25, 0.3) is 0 Å². The molecule has 4 nitrogen and oxygen atoms in total. The Morgan fingerprint density at radius 2 is 1.86 bits per heavy atom. The van der Waals surface area contributed by atoms with Crippen molar-refractivity contribution in [2.75, 3.05) is 18.0 Å². The van der Waals surface area contributed by atoms with E-state index < -0.39 is 17.7 Å². The quantitative estimate of drug-likeness (QED) is 0.763. The summed E-state index contributed by atoms with van der Waals surface area (Å²) in [5.41, 5.74) is 0.536. The van der Waals surface area contributed by atoms with Gasteiger partial charge in [0.1, 0.15) is 0 Å². The molecule has 0 radical (unpaired) electrons. The molecule has 0 spiro atoms. The molecule has 1 aliphatic rings. The minimum atomic E-state index is -4.48. The van der Waals surface area contributed by atoms with E-state index in [0.717, 1.165) is 25.0 Å². The van der Waals surface area contributed by atoms with Crippen LogP contribution in [0, 0.1) is 5.92 Å². The van der Waals surface area contributed by atoms with Crippen LogP contribution in [-0.2, 0) is 22.2 Å². The molecule has 0 aliphatic carbocycles. The van der Waals surface area contributed by atoms with Crippen molar-refractivity contribution in [1.29, 1.82) is 0 Å². The minimum Gasteiger partial charge on any atom is -0.356 e. The average molecular weight is 390 g/mol. The lowest BCUT2D eigenvalue weighted by molar-refractivity contribution is -0.137. The summed E-state index contributed by atoms with van der Waals surface area (Å²) in [5.74, 6) is -1.14. The van der Waals surface area contributed by atoms with Crippen LogP contribution in [0.2, 0.25) is 0 Å². The molecule has 1 N–H and O–H groups in total. The number of carbonyl (C=O) groups is 2. The Kier molecular flexibility index (Phi) is 6.02. The minimum absolute atomic E-state index is 0.000758. The summed E-state index contributed by atoms with van der Waals surface area (Å²) in [6.45, 7) is 0.576. The van der Waals surface area contributed by atoms with Gasteiger partial charge in [-0.3, -0.25) is 9.59 Å². The molecule has 148 valence electrons. The zero-order chi connectivity index (χ0) is 20.1. The Labute approximate surface area is 161 Å². The van der Waals surface area contributed by atoms with Gasteiger partial charge in [0.05, 0.1) is 11.5 Å². The fraction of sp³-hybridized carbons (Fsp3) is 0.333. The highest BCUT2D eigenvalue weighted by Gasteiger charge is 2.36. The van der Waals surface area contributed by atoms with Gasteiger partial charge in [0.25, 0.3) is 0 Å². The lowest BCUT2D eigenvalue weighted by atomic mass is 10.1. The van der Waals surface area contributed by atoms with Crippen LogP contribution in [0.15, 0.2) is 54.6 Å². The van der Waals surface area contributed by atoms with Crippen LogP contribution in [-0.4, -0.2) is 24.9 Å². The topological polar surface area (TPSA) is 49.4 Å². The number of hydrogen-bond acceptors (Lipinski definition) is 2. The van der Waals surface area contributed by atoms with E-state index in [1.54, 1.807) is 0 Å². The van der Waals surface area contributed by atoms with Gasteiger partial charge in [-0.15, -0.1) is 0 Å². The third kappa shape index (κ3) is 4.91. The molecule has 1 atom stereocenters. The smallest absolute Gasteiger partial charge is 0.356 e. The summed E-state index contributed by atoms with van der Waals surface area (Å²) in [6.07, 6.45) is -2.87. The van der Waals surface area contributed by atoms with E-state index in [2.05, 4.69) is 5.32 Å². The number of rotatable bonds is 6. The van der Waals surface area contributed by atoms with Crippen LogP contribution in [0.4, 0.5) is 18.9 Å². The standard InChI is InChI=1S/C21H21F3N2O2/c22-21(23,24)17-9-4-10-18(13-17)26-14-16(12-19(26)27)20(28)25-11-5-8-15-6-2-1-3-7-15/h1-4,6-7,9-10,13,16H,5,8,11-12,14H2,(H,25,28)/t16-/m0/s1. The molecule has 1 aliphatic heterocycles. The number of halogens is 3. The van der Waals surface area contributed by atoms with Gasteiger partial charge in [-0.05, 0) is 36.6 Å². The van der Waals surface area contributed by atoms with E-state index in [0.29, 0.717) is 6.54 Å². The maximum atomic E-state index is 12.9. The van der Waals surface area contributed by atoms with Gasteiger partial charge in [-0.25, -0.2) is 0 Å². The number of carbonyl (C=O) groups excluding carboxylic acids is 2. The Hall–Kier alpha value is -2.83. The molecule has 3 rings (SSSR count). The maximum absolute atomic E-state index is 12.9. The lowest BCUT2D eigenvalue weighted by Crippen LogP contribution is -2.33. The second-order valence-corrected chi connectivity index (χ2v) is 6.83. The molecule has 1 saturated heterocycles. The van der Waals surface area contributed by atoms with Gasteiger partial charge < -0.3 is 10.2 Å². The second kappa shape index (κ2) is 8.46. The Balaban J connectivity index is 1.53. The van der Waals surface area contributed by atoms with Crippen LogP contribution >= 0.6 is 0 Å². The van der Waals surface area contributed by atoms with Gasteiger partial charge in [-0.1, -0.05) is 36.4 Å². The van der Waals surface area contributed by atoms with Crippen LogP contribution in [0.5, 0.6) is 0 Å². The van der Waals surface area contributed by atoms with Crippen LogP contribution < -0.4 is 10.2 Å². The molecule has 0 aromatic heterocycles. The molecular formula is C21H21F3N2O2. The number of benzene rings is 2. The first-order valence-corrected chi connectivity index (χ1v) is 9.14. The van der Waals surface area contributed by atoms with Crippen molar-refractivity contribution in [3.63, 3.8) is 0 Å². The number of aryl methyl sites for hydroxylation is 1. The van der Waals surface area contributed by atoms with Crippen molar-refractivity contribution in [1.82, 2.24) is 5.32 Å². The number of amides is 2.